The minimum Gasteiger partial charge on any atom is -0.250 e. The van der Waals surface area contributed by atoms with Crippen LogP contribution in [0.3, 0.4) is 0 Å². The fourth-order valence-electron chi connectivity index (χ4n) is 2.78. The van der Waals surface area contributed by atoms with Gasteiger partial charge < -0.3 is 0 Å². The minimum absolute atomic E-state index is 0.287. The minimum atomic E-state index is -4.06. The van der Waals surface area contributed by atoms with E-state index in [2.05, 4.69) is 11.9 Å². The van der Waals surface area contributed by atoms with Crippen LogP contribution in [0.15, 0.2) is 35.4 Å². The van der Waals surface area contributed by atoms with Crippen LogP contribution in [-0.2, 0) is 10.0 Å². The van der Waals surface area contributed by atoms with Gasteiger partial charge in [0.2, 0.25) is 10.0 Å². The molecule has 1 aliphatic rings. The van der Waals surface area contributed by atoms with Gasteiger partial charge in [0.05, 0.1) is 11.1 Å². The Morgan fingerprint density at radius 2 is 1.69 bits per heavy atom. The zero-order valence-electron chi connectivity index (χ0n) is 14.4. The van der Waals surface area contributed by atoms with Crippen molar-refractivity contribution in [1.82, 2.24) is 4.98 Å². The van der Waals surface area contributed by atoms with Crippen LogP contribution in [-0.4, -0.2) is 13.4 Å². The van der Waals surface area contributed by atoms with Crippen molar-refractivity contribution in [3.05, 3.63) is 47.9 Å². The van der Waals surface area contributed by atoms with Crippen LogP contribution < -0.4 is 5.14 Å². The third-order valence-corrected chi connectivity index (χ3v) is 5.14. The second-order valence-corrected chi connectivity index (χ2v) is 7.98. The molecule has 0 unspecified atom stereocenters. The quantitative estimate of drug-likeness (QED) is 0.831. The molecule has 1 saturated carbocycles. The molecule has 2 N–H and O–H groups in total. The first-order valence-corrected chi connectivity index (χ1v) is 9.87. The molecule has 1 aromatic carbocycles. The van der Waals surface area contributed by atoms with Crippen LogP contribution in [0.1, 0.15) is 39.0 Å². The standard InChI is InChI=1S/C11H7F3N2O2S.C7H14/c12-6-3-10(14)11(16-5-6)8-2-1-7(4-9(8)13)19(15,17)18;1-7-5-3-2-4-6-7/h1-5H,(H2,15,17,18);7H,2-6H2,1H3. The van der Waals surface area contributed by atoms with Gasteiger partial charge >= 0.3 is 0 Å². The molecule has 0 spiro atoms. The molecule has 1 fully saturated rings. The Hall–Kier alpha value is -1.93. The van der Waals surface area contributed by atoms with Crippen molar-refractivity contribution in [1.29, 1.82) is 0 Å². The number of benzene rings is 1. The van der Waals surface area contributed by atoms with E-state index in [1.807, 2.05) is 0 Å². The lowest BCUT2D eigenvalue weighted by molar-refractivity contribution is 0.385. The van der Waals surface area contributed by atoms with Crippen LogP contribution in [0, 0.1) is 23.4 Å². The third kappa shape index (κ3) is 5.54. The Kier molecular flexibility index (Phi) is 6.77. The molecule has 0 aliphatic heterocycles. The molecule has 0 bridgehead atoms. The monoisotopic (exact) mass is 386 g/mol. The molecule has 2 aromatic rings. The van der Waals surface area contributed by atoms with E-state index in [1.165, 1.54) is 32.1 Å². The Bertz CT molecular complexity index is 867. The molecule has 1 aliphatic carbocycles. The van der Waals surface area contributed by atoms with E-state index in [0.29, 0.717) is 12.1 Å². The first-order valence-electron chi connectivity index (χ1n) is 8.32. The van der Waals surface area contributed by atoms with E-state index in [9.17, 15) is 21.6 Å². The van der Waals surface area contributed by atoms with Gasteiger partial charge in [0, 0.05) is 11.6 Å². The van der Waals surface area contributed by atoms with Gasteiger partial charge in [-0.15, -0.1) is 0 Å². The normalized spacial score (nSPS) is 15.3. The predicted octanol–water partition coefficient (Wildman–Crippen LogP) is 4.40. The van der Waals surface area contributed by atoms with Gasteiger partial charge in [-0.2, -0.15) is 0 Å². The van der Waals surface area contributed by atoms with Crippen LogP contribution in [0.5, 0.6) is 0 Å². The number of rotatable bonds is 2. The average molecular weight is 386 g/mol. The molecule has 4 nitrogen and oxygen atoms in total. The maximum atomic E-state index is 13.7. The number of sulfonamides is 1. The van der Waals surface area contributed by atoms with Crippen molar-refractivity contribution in [2.75, 3.05) is 0 Å². The Morgan fingerprint density at radius 1 is 1.04 bits per heavy atom. The summed E-state index contributed by atoms with van der Waals surface area (Å²) in [5, 5.41) is 4.83. The number of nitrogens with zero attached hydrogens (tertiary/aromatic N) is 1. The van der Waals surface area contributed by atoms with Gasteiger partial charge in [0.1, 0.15) is 17.3 Å². The summed E-state index contributed by atoms with van der Waals surface area (Å²) in [6, 6.07) is 3.22. The summed E-state index contributed by atoms with van der Waals surface area (Å²) in [5.41, 5.74) is -0.704. The van der Waals surface area contributed by atoms with Crippen molar-refractivity contribution in [2.45, 2.75) is 43.9 Å². The maximum absolute atomic E-state index is 13.7. The van der Waals surface area contributed by atoms with E-state index >= 15 is 0 Å². The summed E-state index contributed by atoms with van der Waals surface area (Å²) >= 11 is 0. The highest BCUT2D eigenvalue weighted by atomic mass is 32.2. The fraction of sp³-hybridized carbons (Fsp3) is 0.389. The van der Waals surface area contributed by atoms with E-state index in [1.54, 1.807) is 0 Å². The van der Waals surface area contributed by atoms with E-state index in [0.717, 1.165) is 24.2 Å². The lowest BCUT2D eigenvalue weighted by Gasteiger charge is -2.15. The average Bonchev–Trinajstić information content (AvgIpc) is 2.56. The smallest absolute Gasteiger partial charge is 0.238 e. The first-order chi connectivity index (χ1) is 12.2. The van der Waals surface area contributed by atoms with E-state index in [4.69, 9.17) is 5.14 Å². The summed E-state index contributed by atoms with van der Waals surface area (Å²) in [7, 11) is -4.06. The van der Waals surface area contributed by atoms with Crippen molar-refractivity contribution >= 4 is 10.0 Å². The summed E-state index contributed by atoms with van der Waals surface area (Å²) < 4.78 is 61.9. The molecule has 0 atom stereocenters. The van der Waals surface area contributed by atoms with Gasteiger partial charge in [-0.3, -0.25) is 4.98 Å². The van der Waals surface area contributed by atoms with Crippen LogP contribution >= 0.6 is 0 Å². The predicted molar refractivity (Wildman–Crippen MR) is 93.2 cm³/mol. The summed E-state index contributed by atoms with van der Waals surface area (Å²) in [6.45, 7) is 2.36. The van der Waals surface area contributed by atoms with Gasteiger partial charge in [-0.1, -0.05) is 39.0 Å². The number of halogens is 3. The highest BCUT2D eigenvalue weighted by Crippen LogP contribution is 2.25. The first kappa shape index (κ1) is 20.4. The number of primary sulfonamides is 1. The lowest BCUT2D eigenvalue weighted by Crippen LogP contribution is -2.12. The molecular weight excluding hydrogens is 365 g/mol. The molecule has 0 amide bonds. The molecule has 3 rings (SSSR count). The van der Waals surface area contributed by atoms with E-state index in [-0.39, 0.29) is 5.56 Å². The van der Waals surface area contributed by atoms with Crippen LogP contribution in [0.2, 0.25) is 0 Å². The Labute approximate surface area is 151 Å². The largest absolute Gasteiger partial charge is 0.250 e. The second-order valence-electron chi connectivity index (χ2n) is 6.41. The van der Waals surface area contributed by atoms with Crippen molar-refractivity contribution < 1.29 is 21.6 Å². The fourth-order valence-corrected chi connectivity index (χ4v) is 3.31. The third-order valence-electron chi connectivity index (χ3n) is 4.23. The van der Waals surface area contributed by atoms with Crippen molar-refractivity contribution in [3.8, 4) is 11.3 Å². The van der Waals surface area contributed by atoms with E-state index < -0.39 is 38.1 Å². The highest BCUT2D eigenvalue weighted by molar-refractivity contribution is 7.89. The second kappa shape index (κ2) is 8.64. The molecule has 1 heterocycles. The van der Waals surface area contributed by atoms with Gasteiger partial charge in [-0.05, 0) is 24.1 Å². The van der Waals surface area contributed by atoms with Gasteiger partial charge in [0.25, 0.3) is 0 Å². The number of hydrogen-bond donors (Lipinski definition) is 1. The lowest BCUT2D eigenvalue weighted by atomic mass is 9.91. The van der Waals surface area contributed by atoms with Gasteiger partial charge in [-0.25, -0.2) is 26.7 Å². The van der Waals surface area contributed by atoms with Crippen LogP contribution in [0.25, 0.3) is 11.3 Å². The van der Waals surface area contributed by atoms with Gasteiger partial charge in [0.15, 0.2) is 5.82 Å². The summed E-state index contributed by atoms with van der Waals surface area (Å²) in [6.07, 6.45) is 8.16. The number of aromatic nitrogens is 1. The number of hydrogen-bond acceptors (Lipinski definition) is 3. The molecular formula is C18H21F3N2O2S. The molecule has 8 heteroatoms. The molecule has 26 heavy (non-hydrogen) atoms. The summed E-state index contributed by atoms with van der Waals surface area (Å²) in [4.78, 5) is 2.98. The zero-order chi connectivity index (χ0) is 19.3. The Balaban J connectivity index is 0.000000290. The number of pyridine rings is 1. The summed E-state index contributed by atoms with van der Waals surface area (Å²) in [5.74, 6) is -1.94. The van der Waals surface area contributed by atoms with Crippen molar-refractivity contribution in [3.63, 3.8) is 0 Å². The highest BCUT2D eigenvalue weighted by Gasteiger charge is 2.16. The Morgan fingerprint density at radius 3 is 2.15 bits per heavy atom. The molecule has 142 valence electrons. The number of nitrogens with two attached hydrogens (primary N) is 1. The molecule has 1 aromatic heterocycles. The zero-order valence-corrected chi connectivity index (χ0v) is 15.2. The maximum Gasteiger partial charge on any atom is 0.238 e. The topological polar surface area (TPSA) is 73.1 Å². The van der Waals surface area contributed by atoms with Crippen molar-refractivity contribution in [2.24, 2.45) is 11.1 Å². The molecule has 0 saturated heterocycles. The molecule has 0 radical (unpaired) electrons. The van der Waals surface area contributed by atoms with Crippen LogP contribution in [0.4, 0.5) is 13.2 Å². The SMILES string of the molecule is CC1CCCCC1.NS(=O)(=O)c1ccc(-c2ncc(F)cc2F)c(F)c1.